The Bertz CT molecular complexity index is 310. The zero-order valence-electron chi connectivity index (χ0n) is 9.73. The highest BCUT2D eigenvalue weighted by Crippen LogP contribution is 2.22. The first-order valence-corrected chi connectivity index (χ1v) is 5.66. The van der Waals surface area contributed by atoms with Gasteiger partial charge in [-0.05, 0) is 36.5 Å². The Kier molecular flexibility index (Phi) is 4.90. The predicted octanol–water partition coefficient (Wildman–Crippen LogP) is 2.45. The van der Waals surface area contributed by atoms with E-state index in [-0.39, 0.29) is 11.7 Å². The molecule has 3 heteroatoms. The molecule has 2 nitrogen and oxygen atoms in total. The number of aliphatic hydroxyl groups excluding tert-OH is 2. The van der Waals surface area contributed by atoms with E-state index < -0.39 is 12.2 Å². The van der Waals surface area contributed by atoms with Crippen LogP contribution in [0.1, 0.15) is 38.2 Å². The second-order valence-electron chi connectivity index (χ2n) is 4.23. The van der Waals surface area contributed by atoms with E-state index in [0.29, 0.717) is 12.8 Å². The molecule has 0 saturated carbocycles. The lowest BCUT2D eigenvalue weighted by Crippen LogP contribution is -2.26. The molecule has 2 N–H and O–H groups in total. The summed E-state index contributed by atoms with van der Waals surface area (Å²) in [6.45, 7) is 3.79. The van der Waals surface area contributed by atoms with Crippen molar-refractivity contribution >= 4 is 0 Å². The van der Waals surface area contributed by atoms with Gasteiger partial charge in [0.25, 0.3) is 0 Å². The highest BCUT2D eigenvalue weighted by Gasteiger charge is 2.18. The van der Waals surface area contributed by atoms with Crippen molar-refractivity contribution in [2.75, 3.05) is 0 Å². The summed E-state index contributed by atoms with van der Waals surface area (Å²) in [5.41, 5.74) is 0.976. The molecule has 1 aromatic carbocycles. The van der Waals surface area contributed by atoms with Crippen molar-refractivity contribution in [3.05, 3.63) is 35.6 Å². The van der Waals surface area contributed by atoms with Crippen LogP contribution in [-0.4, -0.2) is 22.4 Å². The SMILES string of the molecule is CCC(O)C(O)CC(C)c1ccc(F)cc1. The van der Waals surface area contributed by atoms with Crippen molar-refractivity contribution in [2.24, 2.45) is 0 Å². The molecule has 0 saturated heterocycles. The van der Waals surface area contributed by atoms with Gasteiger partial charge in [0.1, 0.15) is 5.82 Å². The molecule has 0 amide bonds. The molecule has 16 heavy (non-hydrogen) atoms. The van der Waals surface area contributed by atoms with Crippen LogP contribution in [0.2, 0.25) is 0 Å². The first kappa shape index (κ1) is 13.1. The minimum Gasteiger partial charge on any atom is -0.390 e. The van der Waals surface area contributed by atoms with Gasteiger partial charge in [-0.2, -0.15) is 0 Å². The Morgan fingerprint density at radius 2 is 1.69 bits per heavy atom. The lowest BCUT2D eigenvalue weighted by molar-refractivity contribution is 0.00953. The van der Waals surface area contributed by atoms with Crippen LogP contribution in [0, 0.1) is 5.82 Å². The Balaban J connectivity index is 2.58. The van der Waals surface area contributed by atoms with E-state index in [4.69, 9.17) is 0 Å². The van der Waals surface area contributed by atoms with Crippen molar-refractivity contribution in [3.63, 3.8) is 0 Å². The van der Waals surface area contributed by atoms with Crippen LogP contribution in [0.4, 0.5) is 4.39 Å². The fourth-order valence-electron chi connectivity index (χ4n) is 1.72. The Morgan fingerprint density at radius 1 is 1.12 bits per heavy atom. The predicted molar refractivity (Wildman–Crippen MR) is 61.7 cm³/mol. The van der Waals surface area contributed by atoms with Gasteiger partial charge in [0, 0.05) is 0 Å². The van der Waals surface area contributed by atoms with Crippen molar-refractivity contribution in [1.82, 2.24) is 0 Å². The maximum Gasteiger partial charge on any atom is 0.123 e. The molecule has 0 bridgehead atoms. The molecule has 1 rings (SSSR count). The van der Waals surface area contributed by atoms with Crippen LogP contribution < -0.4 is 0 Å². The summed E-state index contributed by atoms with van der Waals surface area (Å²) in [5, 5.41) is 19.1. The number of benzene rings is 1. The Hall–Kier alpha value is -0.930. The summed E-state index contributed by atoms with van der Waals surface area (Å²) in [5.74, 6) is -0.151. The van der Waals surface area contributed by atoms with E-state index in [1.54, 1.807) is 12.1 Å². The summed E-state index contributed by atoms with van der Waals surface area (Å²) >= 11 is 0. The zero-order chi connectivity index (χ0) is 12.1. The lowest BCUT2D eigenvalue weighted by atomic mass is 9.92. The van der Waals surface area contributed by atoms with Gasteiger partial charge in [-0.25, -0.2) is 4.39 Å². The van der Waals surface area contributed by atoms with Gasteiger partial charge in [0.2, 0.25) is 0 Å². The standard InChI is InChI=1S/C13H19FO2/c1-3-12(15)13(16)8-9(2)10-4-6-11(14)7-5-10/h4-7,9,12-13,15-16H,3,8H2,1-2H3. The molecule has 1 aromatic rings. The average molecular weight is 226 g/mol. The molecule has 3 unspecified atom stereocenters. The number of hydrogen-bond donors (Lipinski definition) is 2. The molecule has 0 heterocycles. The first-order valence-electron chi connectivity index (χ1n) is 5.66. The monoisotopic (exact) mass is 226 g/mol. The molecule has 0 aliphatic rings. The molecule has 3 atom stereocenters. The zero-order valence-corrected chi connectivity index (χ0v) is 9.73. The molecule has 0 spiro atoms. The topological polar surface area (TPSA) is 40.5 Å². The molecule has 0 radical (unpaired) electrons. The molecule has 0 fully saturated rings. The minimum absolute atomic E-state index is 0.108. The number of aliphatic hydroxyl groups is 2. The van der Waals surface area contributed by atoms with E-state index in [9.17, 15) is 14.6 Å². The fourth-order valence-corrected chi connectivity index (χ4v) is 1.72. The third-order valence-electron chi connectivity index (χ3n) is 2.90. The Labute approximate surface area is 95.7 Å². The van der Waals surface area contributed by atoms with Gasteiger partial charge < -0.3 is 10.2 Å². The highest BCUT2D eigenvalue weighted by molar-refractivity contribution is 5.19. The van der Waals surface area contributed by atoms with Crippen LogP contribution in [0.5, 0.6) is 0 Å². The second-order valence-corrected chi connectivity index (χ2v) is 4.23. The molecule has 0 aliphatic carbocycles. The highest BCUT2D eigenvalue weighted by atomic mass is 19.1. The number of halogens is 1. The molecule has 0 aromatic heterocycles. The summed E-state index contributed by atoms with van der Waals surface area (Å²) in [7, 11) is 0. The normalized spacial score (nSPS) is 16.8. The van der Waals surface area contributed by atoms with E-state index in [1.165, 1.54) is 12.1 Å². The lowest BCUT2D eigenvalue weighted by Gasteiger charge is -2.20. The van der Waals surface area contributed by atoms with E-state index in [2.05, 4.69) is 0 Å². The van der Waals surface area contributed by atoms with E-state index in [0.717, 1.165) is 5.56 Å². The fraction of sp³-hybridized carbons (Fsp3) is 0.538. The first-order chi connectivity index (χ1) is 7.54. The van der Waals surface area contributed by atoms with Crippen LogP contribution >= 0.6 is 0 Å². The largest absolute Gasteiger partial charge is 0.390 e. The molecule has 0 aliphatic heterocycles. The Morgan fingerprint density at radius 3 is 2.19 bits per heavy atom. The third-order valence-corrected chi connectivity index (χ3v) is 2.90. The van der Waals surface area contributed by atoms with Gasteiger partial charge in [0.05, 0.1) is 12.2 Å². The van der Waals surface area contributed by atoms with E-state index >= 15 is 0 Å². The summed E-state index contributed by atoms with van der Waals surface area (Å²) in [6, 6.07) is 6.25. The van der Waals surface area contributed by atoms with Crippen molar-refractivity contribution in [3.8, 4) is 0 Å². The van der Waals surface area contributed by atoms with Crippen LogP contribution in [0.3, 0.4) is 0 Å². The van der Waals surface area contributed by atoms with Crippen molar-refractivity contribution in [1.29, 1.82) is 0 Å². The number of hydrogen-bond acceptors (Lipinski definition) is 2. The van der Waals surface area contributed by atoms with Crippen LogP contribution in [0.15, 0.2) is 24.3 Å². The van der Waals surface area contributed by atoms with Gasteiger partial charge in [-0.15, -0.1) is 0 Å². The van der Waals surface area contributed by atoms with Crippen molar-refractivity contribution < 1.29 is 14.6 Å². The molecule has 90 valence electrons. The van der Waals surface area contributed by atoms with Gasteiger partial charge in [0.15, 0.2) is 0 Å². The van der Waals surface area contributed by atoms with Gasteiger partial charge >= 0.3 is 0 Å². The maximum absolute atomic E-state index is 12.7. The smallest absolute Gasteiger partial charge is 0.123 e. The van der Waals surface area contributed by atoms with Crippen molar-refractivity contribution in [2.45, 2.75) is 44.8 Å². The maximum atomic E-state index is 12.7. The van der Waals surface area contributed by atoms with Crippen LogP contribution in [-0.2, 0) is 0 Å². The van der Waals surface area contributed by atoms with Gasteiger partial charge in [-0.1, -0.05) is 26.0 Å². The van der Waals surface area contributed by atoms with Gasteiger partial charge in [-0.3, -0.25) is 0 Å². The number of rotatable bonds is 5. The second kappa shape index (κ2) is 5.97. The quantitative estimate of drug-likeness (QED) is 0.809. The summed E-state index contributed by atoms with van der Waals surface area (Å²) in [4.78, 5) is 0. The summed E-state index contributed by atoms with van der Waals surface area (Å²) < 4.78 is 12.7. The average Bonchev–Trinajstić information content (AvgIpc) is 2.28. The molecular weight excluding hydrogens is 207 g/mol. The van der Waals surface area contributed by atoms with E-state index in [1.807, 2.05) is 13.8 Å². The minimum atomic E-state index is -0.718. The molecular formula is C13H19FO2. The summed E-state index contributed by atoms with van der Waals surface area (Å²) in [6.07, 6.45) is -0.370. The third kappa shape index (κ3) is 3.58. The van der Waals surface area contributed by atoms with Crippen LogP contribution in [0.25, 0.3) is 0 Å².